The summed E-state index contributed by atoms with van der Waals surface area (Å²) in [5.41, 5.74) is 2.67. The number of carbonyl (C=O) groups is 1. The first-order valence-corrected chi connectivity index (χ1v) is 9.13. The minimum Gasteiger partial charge on any atom is -0.322 e. The lowest BCUT2D eigenvalue weighted by molar-refractivity contribution is -0.126. The number of hydrogen-bond acceptors (Lipinski definition) is 3. The number of halogens is 1. The van der Waals surface area contributed by atoms with Crippen LogP contribution in [0.15, 0.2) is 53.6 Å². The van der Waals surface area contributed by atoms with Crippen LogP contribution in [0.5, 0.6) is 0 Å². The van der Waals surface area contributed by atoms with Crippen LogP contribution in [0.4, 0.5) is 4.39 Å². The molecule has 0 aliphatic carbocycles. The molecular weight excluding hydrogens is 335 g/mol. The van der Waals surface area contributed by atoms with Gasteiger partial charge in [0.2, 0.25) is 5.91 Å². The van der Waals surface area contributed by atoms with E-state index < -0.39 is 0 Å². The second-order valence-electron chi connectivity index (χ2n) is 5.25. The molecule has 0 radical (unpaired) electrons. The summed E-state index contributed by atoms with van der Waals surface area (Å²) in [6, 6.07) is 6.69. The van der Waals surface area contributed by atoms with Crippen molar-refractivity contribution in [3.63, 3.8) is 0 Å². The Bertz CT molecular complexity index is 750. The Balaban J connectivity index is 0.000000235. The Hall–Kier alpha value is -2.27. The Kier molecular flexibility index (Phi) is 8.78. The highest BCUT2D eigenvalue weighted by atomic mass is 32.1. The van der Waals surface area contributed by atoms with Crippen molar-refractivity contribution >= 4 is 17.2 Å². The van der Waals surface area contributed by atoms with Gasteiger partial charge in [-0.2, -0.15) is 0 Å². The zero-order valence-electron chi connectivity index (χ0n) is 15.4. The fourth-order valence-electron chi connectivity index (χ4n) is 1.89. The van der Waals surface area contributed by atoms with Crippen molar-refractivity contribution in [3.05, 3.63) is 65.1 Å². The van der Waals surface area contributed by atoms with Gasteiger partial charge < -0.3 is 4.90 Å². The first kappa shape index (κ1) is 20.8. The van der Waals surface area contributed by atoms with Crippen LogP contribution >= 0.6 is 11.3 Å². The molecule has 3 nitrogen and oxygen atoms in total. The molecule has 1 amide bonds. The van der Waals surface area contributed by atoms with Crippen LogP contribution in [0.25, 0.3) is 10.6 Å². The summed E-state index contributed by atoms with van der Waals surface area (Å²) in [5, 5.41) is 2.66. The smallest absolute Gasteiger partial charge is 0.230 e. The van der Waals surface area contributed by atoms with Crippen LogP contribution in [0.3, 0.4) is 0 Å². The molecule has 0 atom stereocenters. The van der Waals surface area contributed by atoms with Crippen molar-refractivity contribution in [1.82, 2.24) is 9.88 Å². The van der Waals surface area contributed by atoms with E-state index in [0.29, 0.717) is 12.0 Å². The van der Waals surface area contributed by atoms with Crippen LogP contribution in [-0.2, 0) is 4.79 Å². The molecule has 2 aromatic rings. The highest BCUT2D eigenvalue weighted by Crippen LogP contribution is 2.25. The molecule has 1 aliphatic heterocycles. The highest BCUT2D eigenvalue weighted by molar-refractivity contribution is 7.13. The Morgan fingerprint density at radius 1 is 1.20 bits per heavy atom. The molecule has 0 saturated carbocycles. The summed E-state index contributed by atoms with van der Waals surface area (Å²) in [6.07, 6.45) is 6.18. The predicted molar refractivity (Wildman–Crippen MR) is 104 cm³/mol. The molecule has 2 heterocycles. The van der Waals surface area contributed by atoms with Gasteiger partial charge in [0, 0.05) is 36.3 Å². The molecule has 0 fully saturated rings. The van der Waals surface area contributed by atoms with E-state index in [1.54, 1.807) is 30.3 Å². The Morgan fingerprint density at radius 3 is 2.48 bits per heavy atom. The fourth-order valence-corrected chi connectivity index (χ4v) is 2.71. The molecule has 0 unspecified atom stereocenters. The average Bonchev–Trinajstić information content (AvgIpc) is 3.00. The normalized spacial score (nSPS) is 13.1. The summed E-state index contributed by atoms with van der Waals surface area (Å²) in [7, 11) is 1.77. The lowest BCUT2D eigenvalue weighted by atomic mass is 10.2. The van der Waals surface area contributed by atoms with Gasteiger partial charge in [-0.25, -0.2) is 9.37 Å². The second-order valence-corrected chi connectivity index (χ2v) is 6.10. The maximum Gasteiger partial charge on any atom is 0.230 e. The molecule has 1 aromatic carbocycles. The average molecular weight is 360 g/mol. The summed E-state index contributed by atoms with van der Waals surface area (Å²) in [5.74, 6) is -0.0649. The van der Waals surface area contributed by atoms with Gasteiger partial charge in [0.05, 0.1) is 0 Å². The standard InChI is InChI=1S/C10H8FNS.C8H11NO.C2H6/c1-7-6-13-10(12-7)8-4-2-3-5-9(8)11;1-7-3-4-8(10)9(2)6-5-7;1-2/h2-6H,1H3;3,5-6H,4H2,1-2H3;1-2H3. The summed E-state index contributed by atoms with van der Waals surface area (Å²) >= 11 is 1.47. The number of aromatic nitrogens is 1. The topological polar surface area (TPSA) is 33.2 Å². The van der Waals surface area contributed by atoms with Crippen molar-refractivity contribution in [1.29, 1.82) is 0 Å². The van der Waals surface area contributed by atoms with E-state index in [1.165, 1.54) is 17.4 Å². The number of hydrogen-bond donors (Lipinski definition) is 0. The van der Waals surface area contributed by atoms with E-state index in [4.69, 9.17) is 0 Å². The Morgan fingerprint density at radius 2 is 1.88 bits per heavy atom. The highest BCUT2D eigenvalue weighted by Gasteiger charge is 2.06. The third kappa shape index (κ3) is 6.63. The van der Waals surface area contributed by atoms with Gasteiger partial charge in [0.25, 0.3) is 0 Å². The number of carbonyl (C=O) groups excluding carboxylic acids is 1. The van der Waals surface area contributed by atoms with Gasteiger partial charge in [0.1, 0.15) is 10.8 Å². The van der Waals surface area contributed by atoms with Crippen LogP contribution in [-0.4, -0.2) is 22.8 Å². The van der Waals surface area contributed by atoms with E-state index >= 15 is 0 Å². The summed E-state index contributed by atoms with van der Waals surface area (Å²) in [4.78, 5) is 16.8. The molecule has 0 saturated heterocycles. The predicted octanol–water partition coefficient (Wildman–Crippen LogP) is 5.59. The number of amides is 1. The molecule has 1 aliphatic rings. The lowest BCUT2D eigenvalue weighted by Crippen LogP contribution is -2.18. The van der Waals surface area contributed by atoms with E-state index in [9.17, 15) is 9.18 Å². The zero-order chi connectivity index (χ0) is 18.8. The molecule has 5 heteroatoms. The summed E-state index contributed by atoms with van der Waals surface area (Å²) in [6.45, 7) is 7.89. The fraction of sp³-hybridized carbons (Fsp3) is 0.300. The molecule has 25 heavy (non-hydrogen) atoms. The number of thiazole rings is 1. The lowest BCUT2D eigenvalue weighted by Gasteiger charge is -2.07. The number of allylic oxidation sites excluding steroid dienone is 2. The van der Waals surface area contributed by atoms with Gasteiger partial charge in [-0.3, -0.25) is 4.79 Å². The molecule has 0 bridgehead atoms. The number of aryl methyl sites for hydroxylation is 1. The summed E-state index contributed by atoms with van der Waals surface area (Å²) < 4.78 is 13.3. The van der Waals surface area contributed by atoms with Crippen molar-refractivity contribution < 1.29 is 9.18 Å². The number of benzene rings is 1. The third-order valence-corrected chi connectivity index (χ3v) is 4.27. The van der Waals surface area contributed by atoms with Crippen molar-refractivity contribution in [2.24, 2.45) is 0 Å². The number of nitrogens with zero attached hydrogens (tertiary/aromatic N) is 2. The maximum absolute atomic E-state index is 13.3. The van der Waals surface area contributed by atoms with Crippen molar-refractivity contribution in [2.75, 3.05) is 7.05 Å². The monoisotopic (exact) mass is 360 g/mol. The maximum atomic E-state index is 13.3. The van der Waals surface area contributed by atoms with E-state index in [-0.39, 0.29) is 11.7 Å². The van der Waals surface area contributed by atoms with E-state index in [0.717, 1.165) is 16.3 Å². The molecule has 3 rings (SSSR count). The van der Waals surface area contributed by atoms with Gasteiger partial charge in [-0.1, -0.05) is 37.6 Å². The first-order valence-electron chi connectivity index (χ1n) is 8.25. The van der Waals surface area contributed by atoms with Gasteiger partial charge in [-0.05, 0) is 32.1 Å². The largest absolute Gasteiger partial charge is 0.322 e. The van der Waals surface area contributed by atoms with Crippen molar-refractivity contribution in [2.45, 2.75) is 34.1 Å². The second kappa shape index (κ2) is 10.6. The van der Waals surface area contributed by atoms with Crippen molar-refractivity contribution in [3.8, 4) is 10.6 Å². The minimum atomic E-state index is -0.211. The van der Waals surface area contributed by atoms with E-state index in [1.807, 2.05) is 51.3 Å². The number of rotatable bonds is 1. The molecule has 0 spiro atoms. The quantitative estimate of drug-likeness (QED) is 0.664. The van der Waals surface area contributed by atoms with Crippen LogP contribution in [0.2, 0.25) is 0 Å². The molecule has 1 aromatic heterocycles. The first-order chi connectivity index (χ1) is 12.0. The molecular formula is C20H25FN2OS. The Labute approximate surface area is 153 Å². The van der Waals surface area contributed by atoms with Crippen LogP contribution < -0.4 is 0 Å². The third-order valence-electron chi connectivity index (χ3n) is 3.28. The zero-order valence-corrected chi connectivity index (χ0v) is 16.2. The van der Waals surface area contributed by atoms with Gasteiger partial charge in [0.15, 0.2) is 0 Å². The molecule has 134 valence electrons. The van der Waals surface area contributed by atoms with E-state index in [2.05, 4.69) is 4.98 Å². The van der Waals surface area contributed by atoms with Gasteiger partial charge >= 0.3 is 0 Å². The SMILES string of the molecule is CC.CC1=CCC(=O)N(C)C=C1.Cc1csc(-c2ccccc2F)n1. The van der Waals surface area contributed by atoms with Crippen LogP contribution in [0.1, 0.15) is 32.9 Å². The minimum absolute atomic E-state index is 0.146. The van der Waals surface area contributed by atoms with Crippen LogP contribution in [0, 0.1) is 12.7 Å². The molecule has 0 N–H and O–H groups in total. The van der Waals surface area contributed by atoms with Gasteiger partial charge in [-0.15, -0.1) is 11.3 Å².